The van der Waals surface area contributed by atoms with Gasteiger partial charge in [-0.1, -0.05) is 140 Å². The molecule has 0 saturated heterocycles. The number of fused-ring (bicyclic) bond motifs is 5. The summed E-state index contributed by atoms with van der Waals surface area (Å²) in [4.78, 5) is 5.08. The minimum Gasteiger partial charge on any atom is -0.314 e. The van der Waals surface area contributed by atoms with E-state index < -0.39 is 7.14 Å². The second-order valence-electron chi connectivity index (χ2n) is 13.6. The number of nitrogens with zero attached hydrogens (tertiary/aromatic N) is 3. The molecule has 246 valence electrons. The van der Waals surface area contributed by atoms with E-state index in [0.29, 0.717) is 5.82 Å². The van der Waals surface area contributed by atoms with Gasteiger partial charge in [0.05, 0.1) is 0 Å². The Kier molecular flexibility index (Phi) is 6.96. The first kappa shape index (κ1) is 30.5. The van der Waals surface area contributed by atoms with Gasteiger partial charge in [-0.05, 0) is 92.3 Å². The van der Waals surface area contributed by atoms with Crippen LogP contribution in [0.2, 0.25) is 0 Å². The third-order valence-corrected chi connectivity index (χ3v) is 13.0. The lowest BCUT2D eigenvalue weighted by Gasteiger charge is -2.13. The third-order valence-electron chi connectivity index (χ3n) is 10.4. The Morgan fingerprint density at radius 2 is 1.06 bits per heavy atom. The van der Waals surface area contributed by atoms with Gasteiger partial charge in [-0.2, -0.15) is 0 Å². The molecule has 0 N–H and O–H groups in total. The van der Waals surface area contributed by atoms with E-state index in [2.05, 4.69) is 146 Å². The Labute approximate surface area is 302 Å². The van der Waals surface area contributed by atoms with Crippen molar-refractivity contribution in [3.8, 4) is 67.0 Å². The molecule has 1 aliphatic heterocycles. The fraction of sp³-hybridized carbons (Fsp3) is 0.0213. The maximum atomic E-state index is 13.9. The summed E-state index contributed by atoms with van der Waals surface area (Å²) in [6, 6.07) is 59.2. The molecule has 9 aromatic rings. The first-order chi connectivity index (χ1) is 25.5. The van der Waals surface area contributed by atoms with Gasteiger partial charge in [0.25, 0.3) is 0 Å². The summed E-state index contributed by atoms with van der Waals surface area (Å²) < 4.78 is 15.8. The average Bonchev–Trinajstić information content (AvgIpc) is 3.74. The molecule has 1 atom stereocenters. The summed E-state index contributed by atoms with van der Waals surface area (Å²) in [5.74, 6) is 0.680. The number of aromatic nitrogens is 3. The summed E-state index contributed by atoms with van der Waals surface area (Å²) in [5, 5.41) is 9.25. The van der Waals surface area contributed by atoms with E-state index >= 15 is 0 Å². The normalized spacial score (nSPS) is 14.8. The molecule has 7 aromatic carbocycles. The van der Waals surface area contributed by atoms with Gasteiger partial charge < -0.3 is 4.57 Å². The maximum Gasteiger partial charge on any atom is 0.182 e. The zero-order valence-electron chi connectivity index (χ0n) is 28.4. The molecule has 1 unspecified atom stereocenters. The second kappa shape index (κ2) is 11.9. The largest absolute Gasteiger partial charge is 0.314 e. The molecule has 52 heavy (non-hydrogen) atoms. The van der Waals surface area contributed by atoms with E-state index in [1.807, 2.05) is 41.5 Å². The average molecular weight is 686 g/mol. The smallest absolute Gasteiger partial charge is 0.182 e. The predicted molar refractivity (Wildman–Crippen MR) is 216 cm³/mol. The van der Waals surface area contributed by atoms with E-state index in [0.717, 1.165) is 77.5 Å². The monoisotopic (exact) mass is 685 g/mol. The van der Waals surface area contributed by atoms with Crippen LogP contribution in [0.1, 0.15) is 0 Å². The lowest BCUT2D eigenvalue weighted by atomic mass is 9.91. The molecule has 4 nitrogen and oxygen atoms in total. The van der Waals surface area contributed by atoms with Crippen molar-refractivity contribution in [3.63, 3.8) is 0 Å². The van der Waals surface area contributed by atoms with Crippen molar-refractivity contribution in [2.45, 2.75) is 0 Å². The first-order valence-corrected chi connectivity index (χ1v) is 19.6. The molecular formula is C47H32N3OP. The SMILES string of the molecule is CP1(=O)c2ccccc2-c2cc(-c3cc(-c4ccc(-c5nc6c(-c7ccccc7)cc(-c7ccccc7)cn6n5)cc4)cc4ccccc34)ccc21. The van der Waals surface area contributed by atoms with Gasteiger partial charge in [0, 0.05) is 33.5 Å². The molecule has 0 aliphatic carbocycles. The molecule has 0 bridgehead atoms. The highest BCUT2D eigenvalue weighted by Gasteiger charge is 2.34. The highest BCUT2D eigenvalue weighted by molar-refractivity contribution is 7.79. The van der Waals surface area contributed by atoms with Gasteiger partial charge in [0.1, 0.15) is 7.14 Å². The van der Waals surface area contributed by atoms with Crippen molar-refractivity contribution in [3.05, 3.63) is 176 Å². The maximum absolute atomic E-state index is 13.9. The Morgan fingerprint density at radius 3 is 1.87 bits per heavy atom. The zero-order valence-corrected chi connectivity index (χ0v) is 29.3. The van der Waals surface area contributed by atoms with Gasteiger partial charge in [0.2, 0.25) is 0 Å². The minimum absolute atomic E-state index is 0.680. The molecule has 5 heteroatoms. The Bertz CT molecular complexity index is 2880. The van der Waals surface area contributed by atoms with Crippen LogP contribution in [0.25, 0.3) is 83.4 Å². The number of hydrogen-bond acceptors (Lipinski definition) is 3. The van der Waals surface area contributed by atoms with Crippen LogP contribution in [-0.2, 0) is 4.57 Å². The summed E-state index contributed by atoms with van der Waals surface area (Å²) in [7, 11) is -2.63. The van der Waals surface area contributed by atoms with Crippen LogP contribution >= 0.6 is 7.14 Å². The van der Waals surface area contributed by atoms with Crippen LogP contribution in [0.15, 0.2) is 176 Å². The minimum atomic E-state index is -2.63. The third kappa shape index (κ3) is 4.95. The van der Waals surface area contributed by atoms with Crippen LogP contribution in [0.4, 0.5) is 0 Å². The summed E-state index contributed by atoms with van der Waals surface area (Å²) in [5.41, 5.74) is 12.8. The summed E-state index contributed by atoms with van der Waals surface area (Å²) >= 11 is 0. The van der Waals surface area contributed by atoms with E-state index in [4.69, 9.17) is 10.1 Å². The predicted octanol–water partition coefficient (Wildman–Crippen LogP) is 11.1. The van der Waals surface area contributed by atoms with Gasteiger partial charge in [-0.3, -0.25) is 0 Å². The molecular weight excluding hydrogens is 654 g/mol. The van der Waals surface area contributed by atoms with Crippen molar-refractivity contribution in [1.82, 2.24) is 14.6 Å². The number of pyridine rings is 1. The van der Waals surface area contributed by atoms with Crippen LogP contribution in [0, 0.1) is 0 Å². The van der Waals surface area contributed by atoms with Crippen LogP contribution in [-0.4, -0.2) is 21.3 Å². The van der Waals surface area contributed by atoms with Gasteiger partial charge in [0.15, 0.2) is 11.5 Å². The van der Waals surface area contributed by atoms with E-state index in [1.54, 1.807) is 0 Å². The number of hydrogen-bond donors (Lipinski definition) is 0. The van der Waals surface area contributed by atoms with Gasteiger partial charge in [-0.15, -0.1) is 5.10 Å². The van der Waals surface area contributed by atoms with E-state index in [-0.39, 0.29) is 0 Å². The van der Waals surface area contributed by atoms with Crippen molar-refractivity contribution in [1.29, 1.82) is 0 Å². The summed E-state index contributed by atoms with van der Waals surface area (Å²) in [6.45, 7) is 1.89. The fourth-order valence-corrected chi connectivity index (χ4v) is 10.0. The lowest BCUT2D eigenvalue weighted by Crippen LogP contribution is -2.07. The van der Waals surface area contributed by atoms with Gasteiger partial charge >= 0.3 is 0 Å². The van der Waals surface area contributed by atoms with Crippen LogP contribution in [0.3, 0.4) is 0 Å². The standard InChI is InChI=1S/C47H32N3OP/c1-52(51)44-19-11-10-18-40(44)43-27-36(24-25-45(43)52)41-28-37(26-35-16-8-9-17-39(35)41)32-20-22-34(23-21-32)46-48-47-42(33-14-6-3-7-15-33)29-38(30-50(47)49-46)31-12-4-2-5-13-31/h2-30H,1H3. The van der Waals surface area contributed by atoms with Crippen molar-refractivity contribution >= 4 is 34.2 Å². The van der Waals surface area contributed by atoms with Crippen molar-refractivity contribution < 1.29 is 4.57 Å². The highest BCUT2D eigenvalue weighted by Crippen LogP contribution is 2.51. The summed E-state index contributed by atoms with van der Waals surface area (Å²) in [6.07, 6.45) is 2.06. The van der Waals surface area contributed by atoms with Crippen LogP contribution in [0.5, 0.6) is 0 Å². The quantitative estimate of drug-likeness (QED) is 0.169. The second-order valence-corrected chi connectivity index (χ2v) is 16.4. The van der Waals surface area contributed by atoms with Gasteiger partial charge in [-0.25, -0.2) is 9.50 Å². The van der Waals surface area contributed by atoms with Crippen molar-refractivity contribution in [2.24, 2.45) is 0 Å². The van der Waals surface area contributed by atoms with Crippen LogP contribution < -0.4 is 10.6 Å². The van der Waals surface area contributed by atoms with E-state index in [1.165, 1.54) is 10.8 Å². The number of rotatable bonds is 5. The zero-order chi connectivity index (χ0) is 34.8. The molecule has 10 rings (SSSR count). The molecule has 0 saturated carbocycles. The lowest BCUT2D eigenvalue weighted by molar-refractivity contribution is 0.591. The molecule has 0 spiro atoms. The first-order valence-electron chi connectivity index (χ1n) is 17.5. The molecule has 2 aromatic heterocycles. The Morgan fingerprint density at radius 1 is 0.462 bits per heavy atom. The topological polar surface area (TPSA) is 47.3 Å². The Hall–Kier alpha value is -6.35. The highest BCUT2D eigenvalue weighted by atomic mass is 31.2. The fourth-order valence-electron chi connectivity index (χ4n) is 7.75. The molecule has 0 amide bonds. The molecule has 0 fully saturated rings. The van der Waals surface area contributed by atoms with E-state index in [9.17, 15) is 4.57 Å². The number of benzene rings is 7. The molecule has 0 radical (unpaired) electrons. The molecule has 3 heterocycles. The molecule has 1 aliphatic rings. The van der Waals surface area contributed by atoms with Crippen molar-refractivity contribution in [2.75, 3.05) is 6.66 Å². The Balaban J connectivity index is 1.06.